The van der Waals surface area contributed by atoms with E-state index in [9.17, 15) is 18.9 Å². The van der Waals surface area contributed by atoms with Gasteiger partial charge in [-0.15, -0.1) is 0 Å². The quantitative estimate of drug-likeness (QED) is 0.652. The molecule has 0 aliphatic carbocycles. The molecule has 0 amide bonds. The molecule has 1 N–H and O–H groups in total. The van der Waals surface area contributed by atoms with Crippen LogP contribution in [0.1, 0.15) is 11.1 Å². The van der Waals surface area contributed by atoms with E-state index >= 15 is 0 Å². The third kappa shape index (κ3) is 4.30. The summed E-state index contributed by atoms with van der Waals surface area (Å²) in [6, 6.07) is 8.30. The van der Waals surface area contributed by atoms with Gasteiger partial charge in [0.25, 0.3) is 5.69 Å². The van der Waals surface area contributed by atoms with Crippen molar-refractivity contribution in [2.75, 3.05) is 0 Å². The van der Waals surface area contributed by atoms with Gasteiger partial charge in [0.1, 0.15) is 0 Å². The van der Waals surface area contributed by atoms with E-state index in [1.54, 1.807) is 6.07 Å². The van der Waals surface area contributed by atoms with Crippen molar-refractivity contribution in [3.63, 3.8) is 0 Å². The van der Waals surface area contributed by atoms with E-state index in [-0.39, 0.29) is 5.69 Å². The predicted octanol–water partition coefficient (Wildman–Crippen LogP) is 3.93. The van der Waals surface area contributed by atoms with Gasteiger partial charge >= 0.3 is 0 Å². The monoisotopic (exact) mass is 356 g/mol. The number of hydrogen-bond acceptors (Lipinski definition) is 3. The topological polar surface area (TPSA) is 55.2 Å². The second-order valence-electron chi connectivity index (χ2n) is 4.43. The average Bonchev–Trinajstić information content (AvgIpc) is 2.42. The summed E-state index contributed by atoms with van der Waals surface area (Å²) in [5.41, 5.74) is 1.31. The largest absolute Gasteiger partial charge is 0.309 e. The normalized spacial score (nSPS) is 10.6. The molecule has 0 bridgehead atoms. The van der Waals surface area contributed by atoms with Crippen LogP contribution in [0.25, 0.3) is 0 Å². The minimum absolute atomic E-state index is 0.00555. The molecule has 0 fully saturated rings. The molecule has 0 atom stereocenters. The number of rotatable bonds is 5. The first-order chi connectivity index (χ1) is 9.95. The Morgan fingerprint density at radius 1 is 1.05 bits per heavy atom. The molecule has 0 radical (unpaired) electrons. The Morgan fingerprint density at radius 3 is 2.43 bits per heavy atom. The van der Waals surface area contributed by atoms with Crippen LogP contribution < -0.4 is 5.32 Å². The smallest absolute Gasteiger partial charge is 0.270 e. The lowest BCUT2D eigenvalue weighted by Gasteiger charge is -2.06. The summed E-state index contributed by atoms with van der Waals surface area (Å²) in [5.74, 6) is -1.78. The van der Waals surface area contributed by atoms with Gasteiger partial charge in [0.15, 0.2) is 11.6 Å². The van der Waals surface area contributed by atoms with Crippen LogP contribution in [0.15, 0.2) is 40.9 Å². The minimum atomic E-state index is -0.896. The van der Waals surface area contributed by atoms with E-state index in [0.29, 0.717) is 23.1 Å². The van der Waals surface area contributed by atoms with Crippen LogP contribution in [0.3, 0.4) is 0 Å². The summed E-state index contributed by atoms with van der Waals surface area (Å²) in [6.07, 6.45) is 0. The SMILES string of the molecule is O=[N+]([O-])c1cc(Br)cc(CNCc2ccc(F)c(F)c2)c1. The summed E-state index contributed by atoms with van der Waals surface area (Å²) >= 11 is 3.21. The highest BCUT2D eigenvalue weighted by Crippen LogP contribution is 2.21. The molecule has 0 aliphatic rings. The fourth-order valence-corrected chi connectivity index (χ4v) is 2.37. The van der Waals surface area contributed by atoms with Crippen molar-refractivity contribution in [3.8, 4) is 0 Å². The molecule has 0 heterocycles. The van der Waals surface area contributed by atoms with Crippen molar-refractivity contribution in [2.45, 2.75) is 13.1 Å². The number of benzene rings is 2. The van der Waals surface area contributed by atoms with Gasteiger partial charge in [-0.25, -0.2) is 8.78 Å². The molecule has 2 rings (SSSR count). The van der Waals surface area contributed by atoms with E-state index in [0.717, 1.165) is 17.7 Å². The van der Waals surface area contributed by atoms with Crippen molar-refractivity contribution >= 4 is 21.6 Å². The number of halogens is 3. The van der Waals surface area contributed by atoms with Crippen LogP contribution in [-0.4, -0.2) is 4.92 Å². The first-order valence-corrected chi connectivity index (χ1v) is 6.83. The van der Waals surface area contributed by atoms with E-state index < -0.39 is 16.6 Å². The van der Waals surface area contributed by atoms with Gasteiger partial charge in [-0.05, 0) is 29.3 Å². The number of nitrogens with zero attached hydrogens (tertiary/aromatic N) is 1. The van der Waals surface area contributed by atoms with E-state index in [1.165, 1.54) is 18.2 Å². The lowest BCUT2D eigenvalue weighted by atomic mass is 10.2. The molecule has 0 aliphatic heterocycles. The molecule has 0 aromatic heterocycles. The van der Waals surface area contributed by atoms with E-state index in [2.05, 4.69) is 21.2 Å². The van der Waals surface area contributed by atoms with Crippen LogP contribution in [0.2, 0.25) is 0 Å². The number of nitrogens with one attached hydrogen (secondary N) is 1. The van der Waals surface area contributed by atoms with Gasteiger partial charge in [-0.2, -0.15) is 0 Å². The first-order valence-electron chi connectivity index (χ1n) is 6.04. The molecular formula is C14H11BrF2N2O2. The van der Waals surface area contributed by atoms with Crippen LogP contribution >= 0.6 is 15.9 Å². The molecule has 0 unspecified atom stereocenters. The fraction of sp³-hybridized carbons (Fsp3) is 0.143. The zero-order valence-corrected chi connectivity index (χ0v) is 12.4. The second kappa shape index (κ2) is 6.73. The van der Waals surface area contributed by atoms with Crippen LogP contribution in [-0.2, 0) is 13.1 Å². The van der Waals surface area contributed by atoms with Crippen molar-refractivity contribution in [2.24, 2.45) is 0 Å². The Morgan fingerprint density at radius 2 is 1.76 bits per heavy atom. The molecule has 21 heavy (non-hydrogen) atoms. The third-order valence-electron chi connectivity index (χ3n) is 2.80. The van der Waals surface area contributed by atoms with Gasteiger partial charge < -0.3 is 5.32 Å². The lowest BCUT2D eigenvalue weighted by molar-refractivity contribution is -0.385. The Labute approximate surface area is 128 Å². The van der Waals surface area contributed by atoms with Crippen molar-refractivity contribution in [3.05, 3.63) is 73.7 Å². The predicted molar refractivity (Wildman–Crippen MR) is 77.7 cm³/mol. The molecule has 110 valence electrons. The van der Waals surface area contributed by atoms with Gasteiger partial charge in [0.2, 0.25) is 0 Å². The van der Waals surface area contributed by atoms with E-state index in [4.69, 9.17) is 0 Å². The molecule has 2 aromatic rings. The fourth-order valence-electron chi connectivity index (χ4n) is 1.84. The van der Waals surface area contributed by atoms with Crippen molar-refractivity contribution in [1.82, 2.24) is 5.32 Å². The minimum Gasteiger partial charge on any atom is -0.309 e. The number of hydrogen-bond donors (Lipinski definition) is 1. The zero-order chi connectivity index (χ0) is 15.4. The maximum absolute atomic E-state index is 13.0. The molecule has 0 saturated heterocycles. The first kappa shape index (κ1) is 15.5. The maximum atomic E-state index is 13.0. The summed E-state index contributed by atoms with van der Waals surface area (Å²) < 4.78 is 26.4. The molecule has 0 spiro atoms. The standard InChI is InChI=1S/C14H11BrF2N2O2/c15-11-3-10(4-12(6-11)19(20)21)8-18-7-9-1-2-13(16)14(17)5-9/h1-6,18H,7-8H2. The van der Waals surface area contributed by atoms with E-state index in [1.807, 2.05) is 0 Å². The highest BCUT2D eigenvalue weighted by molar-refractivity contribution is 9.10. The highest BCUT2D eigenvalue weighted by Gasteiger charge is 2.08. The van der Waals surface area contributed by atoms with Gasteiger partial charge in [0, 0.05) is 29.7 Å². The number of nitro groups is 1. The second-order valence-corrected chi connectivity index (χ2v) is 5.34. The van der Waals surface area contributed by atoms with Crippen LogP contribution in [0.5, 0.6) is 0 Å². The molecular weight excluding hydrogens is 346 g/mol. The van der Waals surface area contributed by atoms with Crippen LogP contribution in [0.4, 0.5) is 14.5 Å². The summed E-state index contributed by atoms with van der Waals surface area (Å²) in [4.78, 5) is 10.3. The summed E-state index contributed by atoms with van der Waals surface area (Å²) in [5, 5.41) is 13.8. The highest BCUT2D eigenvalue weighted by atomic mass is 79.9. The maximum Gasteiger partial charge on any atom is 0.270 e. The van der Waals surface area contributed by atoms with Crippen LogP contribution in [0, 0.1) is 21.7 Å². The Hall–Kier alpha value is -1.86. The zero-order valence-electron chi connectivity index (χ0n) is 10.8. The van der Waals surface area contributed by atoms with Gasteiger partial charge in [-0.3, -0.25) is 10.1 Å². The van der Waals surface area contributed by atoms with Crippen molar-refractivity contribution in [1.29, 1.82) is 0 Å². The van der Waals surface area contributed by atoms with Gasteiger partial charge in [-0.1, -0.05) is 22.0 Å². The molecule has 2 aromatic carbocycles. The van der Waals surface area contributed by atoms with Gasteiger partial charge in [0.05, 0.1) is 4.92 Å². The molecule has 0 saturated carbocycles. The lowest BCUT2D eigenvalue weighted by Crippen LogP contribution is -2.13. The Balaban J connectivity index is 2.00. The molecule has 7 heteroatoms. The summed E-state index contributed by atoms with van der Waals surface area (Å²) in [7, 11) is 0. The molecule has 4 nitrogen and oxygen atoms in total. The third-order valence-corrected chi connectivity index (χ3v) is 3.25. The average molecular weight is 357 g/mol. The Bertz CT molecular complexity index is 680. The van der Waals surface area contributed by atoms with Crippen molar-refractivity contribution < 1.29 is 13.7 Å². The Kier molecular flexibility index (Phi) is 4.98. The number of non-ortho nitro benzene ring substituents is 1. The summed E-state index contributed by atoms with van der Waals surface area (Å²) in [6.45, 7) is 0.705. The number of nitro benzene ring substituents is 1.